The molecule has 1 aliphatic rings. The summed E-state index contributed by atoms with van der Waals surface area (Å²) < 4.78 is 22.0. The minimum atomic E-state index is -1.35. The van der Waals surface area contributed by atoms with E-state index in [1.807, 2.05) is 13.8 Å². The van der Waals surface area contributed by atoms with E-state index in [4.69, 9.17) is 18.9 Å². The van der Waals surface area contributed by atoms with Gasteiger partial charge in [0.15, 0.2) is 0 Å². The van der Waals surface area contributed by atoms with Gasteiger partial charge in [-0.1, -0.05) is 6.92 Å². The minimum absolute atomic E-state index is 0.264. The van der Waals surface area contributed by atoms with Gasteiger partial charge in [-0.2, -0.15) is 0 Å². The number of ether oxygens (including phenoxy) is 4. The Morgan fingerprint density at radius 2 is 1.82 bits per heavy atom. The third-order valence-corrected chi connectivity index (χ3v) is 3.50. The van der Waals surface area contributed by atoms with Crippen LogP contribution in [0.25, 0.3) is 0 Å². The van der Waals surface area contributed by atoms with Gasteiger partial charge in [0.05, 0.1) is 37.9 Å². The van der Waals surface area contributed by atoms with Crippen molar-refractivity contribution in [1.82, 2.24) is 5.32 Å². The lowest BCUT2D eigenvalue weighted by Gasteiger charge is -2.45. The summed E-state index contributed by atoms with van der Waals surface area (Å²) in [6.45, 7) is 9.16. The number of rotatable bonds is 6. The Labute approximate surface area is 130 Å². The van der Waals surface area contributed by atoms with Gasteiger partial charge in [-0.15, -0.1) is 0 Å². The molecule has 1 aliphatic heterocycles. The second-order valence-corrected chi connectivity index (χ2v) is 5.00. The van der Waals surface area contributed by atoms with E-state index < -0.39 is 23.9 Å². The molecule has 0 radical (unpaired) electrons. The zero-order valence-corrected chi connectivity index (χ0v) is 14.0. The van der Waals surface area contributed by atoms with Crippen molar-refractivity contribution in [2.75, 3.05) is 20.3 Å². The van der Waals surface area contributed by atoms with Crippen molar-refractivity contribution in [1.29, 1.82) is 0 Å². The molecule has 1 heterocycles. The van der Waals surface area contributed by atoms with Crippen molar-refractivity contribution >= 4 is 11.9 Å². The molecular formula is C15H25NO6. The third kappa shape index (κ3) is 3.59. The highest BCUT2D eigenvalue weighted by atomic mass is 16.9. The number of esters is 1. The van der Waals surface area contributed by atoms with Crippen molar-refractivity contribution in [3.05, 3.63) is 11.3 Å². The van der Waals surface area contributed by atoms with Gasteiger partial charge in [-0.05, 0) is 20.8 Å². The predicted octanol–water partition coefficient (Wildman–Crippen LogP) is 1.33. The zero-order valence-electron chi connectivity index (χ0n) is 14.0. The Kier molecular flexibility index (Phi) is 6.37. The number of nitrogens with one attached hydrogen (secondary N) is 1. The first-order valence-electron chi connectivity index (χ1n) is 7.36. The maximum atomic E-state index is 12.0. The average molecular weight is 315 g/mol. The highest BCUT2D eigenvalue weighted by Gasteiger charge is 2.52. The molecule has 2 unspecified atom stereocenters. The first kappa shape index (κ1) is 18.4. The number of hydrogen-bond acceptors (Lipinski definition) is 6. The highest BCUT2D eigenvalue weighted by Crippen LogP contribution is 2.39. The van der Waals surface area contributed by atoms with Crippen molar-refractivity contribution in [2.45, 2.75) is 46.6 Å². The number of amides is 1. The van der Waals surface area contributed by atoms with E-state index in [0.29, 0.717) is 19.0 Å². The van der Waals surface area contributed by atoms with Crippen LogP contribution in [0.4, 0.5) is 0 Å². The van der Waals surface area contributed by atoms with Gasteiger partial charge in [-0.3, -0.25) is 4.79 Å². The van der Waals surface area contributed by atoms with Crippen molar-refractivity contribution in [3.63, 3.8) is 0 Å². The van der Waals surface area contributed by atoms with Gasteiger partial charge in [0, 0.05) is 6.92 Å². The van der Waals surface area contributed by atoms with Gasteiger partial charge >= 0.3 is 11.9 Å². The smallest absolute Gasteiger partial charge is 0.339 e. The summed E-state index contributed by atoms with van der Waals surface area (Å²) in [6.07, 6.45) is 0. The standard InChI is InChI=1S/C15H25NO6/c1-7-20-15(21-8-2)9(3)13(16-11(5)17)12(10(4)22-15)14(18)19-6/h9,13H,7-8H2,1-6H3,(H,16,17). The molecule has 0 saturated carbocycles. The normalized spacial score (nSPS) is 23.7. The maximum Gasteiger partial charge on any atom is 0.339 e. The molecule has 0 bridgehead atoms. The van der Waals surface area contributed by atoms with Crippen LogP contribution in [-0.4, -0.2) is 44.2 Å². The summed E-state index contributed by atoms with van der Waals surface area (Å²) in [7, 11) is 1.28. The Balaban J connectivity index is 3.34. The fourth-order valence-electron chi connectivity index (χ4n) is 2.60. The second kappa shape index (κ2) is 7.60. The molecule has 1 N–H and O–H groups in total. The molecular weight excluding hydrogens is 290 g/mol. The lowest BCUT2D eigenvalue weighted by Crippen LogP contribution is -2.58. The van der Waals surface area contributed by atoms with E-state index in [2.05, 4.69) is 5.32 Å². The molecule has 0 aromatic rings. The number of carbonyl (C=O) groups is 2. The number of allylic oxidation sites excluding steroid dienone is 1. The Hall–Kier alpha value is -1.60. The minimum Gasteiger partial charge on any atom is -0.466 e. The summed E-state index contributed by atoms with van der Waals surface area (Å²) >= 11 is 0. The van der Waals surface area contributed by atoms with Gasteiger partial charge in [0.1, 0.15) is 5.76 Å². The molecule has 0 spiro atoms. The van der Waals surface area contributed by atoms with Crippen molar-refractivity contribution in [2.24, 2.45) is 5.92 Å². The summed E-state index contributed by atoms with van der Waals surface area (Å²) in [5.41, 5.74) is 0.264. The van der Waals surface area contributed by atoms with Crippen LogP contribution in [0, 0.1) is 5.92 Å². The molecule has 22 heavy (non-hydrogen) atoms. The zero-order chi connectivity index (χ0) is 16.9. The highest BCUT2D eigenvalue weighted by molar-refractivity contribution is 5.91. The molecule has 1 rings (SSSR count). The summed E-state index contributed by atoms with van der Waals surface area (Å²) in [6, 6.07) is -0.628. The number of hydrogen-bond donors (Lipinski definition) is 1. The van der Waals surface area contributed by atoms with E-state index in [-0.39, 0.29) is 11.5 Å². The Bertz CT molecular complexity index is 453. The third-order valence-electron chi connectivity index (χ3n) is 3.50. The van der Waals surface area contributed by atoms with Crippen molar-refractivity contribution in [3.8, 4) is 0 Å². The fraction of sp³-hybridized carbons (Fsp3) is 0.733. The molecule has 2 atom stereocenters. The first-order chi connectivity index (χ1) is 10.3. The lowest BCUT2D eigenvalue weighted by atomic mass is 9.88. The second-order valence-electron chi connectivity index (χ2n) is 5.00. The topological polar surface area (TPSA) is 83.1 Å². The molecule has 0 aliphatic carbocycles. The predicted molar refractivity (Wildman–Crippen MR) is 78.6 cm³/mol. The van der Waals surface area contributed by atoms with Crippen LogP contribution in [0.2, 0.25) is 0 Å². The van der Waals surface area contributed by atoms with Crippen LogP contribution in [0.15, 0.2) is 11.3 Å². The van der Waals surface area contributed by atoms with Crippen LogP contribution in [0.5, 0.6) is 0 Å². The van der Waals surface area contributed by atoms with Crippen LogP contribution in [0.3, 0.4) is 0 Å². The SMILES string of the molecule is CCOC1(OCC)OC(C)=C(C(=O)OC)C(NC(C)=O)C1C. The Morgan fingerprint density at radius 3 is 2.23 bits per heavy atom. The van der Waals surface area contributed by atoms with E-state index in [9.17, 15) is 9.59 Å². The summed E-state index contributed by atoms with van der Waals surface area (Å²) in [4.78, 5) is 23.6. The molecule has 126 valence electrons. The van der Waals surface area contributed by atoms with Crippen molar-refractivity contribution < 1.29 is 28.5 Å². The summed E-state index contributed by atoms with van der Waals surface area (Å²) in [5.74, 6) is -2.31. The number of methoxy groups -OCH3 is 1. The molecule has 0 fully saturated rings. The Morgan fingerprint density at radius 1 is 1.27 bits per heavy atom. The van der Waals surface area contributed by atoms with Crippen LogP contribution in [0.1, 0.15) is 34.6 Å². The van der Waals surface area contributed by atoms with Gasteiger partial charge < -0.3 is 24.3 Å². The largest absolute Gasteiger partial charge is 0.466 e. The van der Waals surface area contributed by atoms with Crippen LogP contribution < -0.4 is 5.32 Å². The quantitative estimate of drug-likeness (QED) is 0.588. The van der Waals surface area contributed by atoms with Gasteiger partial charge in [-0.25, -0.2) is 4.79 Å². The molecule has 7 nitrogen and oxygen atoms in total. The molecule has 0 aromatic carbocycles. The molecule has 0 aromatic heterocycles. The lowest BCUT2D eigenvalue weighted by molar-refractivity contribution is -0.394. The molecule has 0 saturated heterocycles. The van der Waals surface area contributed by atoms with Gasteiger partial charge in [0.2, 0.25) is 5.91 Å². The van der Waals surface area contributed by atoms with E-state index >= 15 is 0 Å². The fourth-order valence-corrected chi connectivity index (χ4v) is 2.60. The number of carbonyl (C=O) groups excluding carboxylic acids is 2. The maximum absolute atomic E-state index is 12.0. The van der Waals surface area contributed by atoms with E-state index in [1.54, 1.807) is 13.8 Å². The first-order valence-corrected chi connectivity index (χ1v) is 7.36. The molecule has 1 amide bonds. The van der Waals surface area contributed by atoms with E-state index in [0.717, 1.165) is 0 Å². The van der Waals surface area contributed by atoms with Crippen LogP contribution >= 0.6 is 0 Å². The average Bonchev–Trinajstić information content (AvgIpc) is 2.44. The van der Waals surface area contributed by atoms with E-state index in [1.165, 1.54) is 14.0 Å². The van der Waals surface area contributed by atoms with Crippen LogP contribution in [-0.2, 0) is 28.5 Å². The summed E-state index contributed by atoms with van der Waals surface area (Å²) in [5, 5.41) is 2.76. The van der Waals surface area contributed by atoms with Gasteiger partial charge in [0.25, 0.3) is 0 Å². The molecule has 7 heteroatoms. The monoisotopic (exact) mass is 315 g/mol.